The van der Waals surface area contributed by atoms with Gasteiger partial charge in [0.1, 0.15) is 5.82 Å². The molecule has 7 heteroatoms. The number of hydrogen-bond donors (Lipinski definition) is 3. The van der Waals surface area contributed by atoms with E-state index >= 15 is 0 Å². The first kappa shape index (κ1) is 21.7. The van der Waals surface area contributed by atoms with Crippen molar-refractivity contribution in [3.63, 3.8) is 0 Å². The van der Waals surface area contributed by atoms with Crippen molar-refractivity contribution in [1.29, 1.82) is 0 Å². The van der Waals surface area contributed by atoms with Crippen LogP contribution >= 0.6 is 24.8 Å². The molecule has 25 heavy (non-hydrogen) atoms. The van der Waals surface area contributed by atoms with Gasteiger partial charge in [-0.3, -0.25) is 4.79 Å². The third-order valence-electron chi connectivity index (χ3n) is 4.84. The van der Waals surface area contributed by atoms with Gasteiger partial charge in [-0.05, 0) is 56.8 Å². The van der Waals surface area contributed by atoms with E-state index in [0.29, 0.717) is 18.3 Å². The molecule has 3 rings (SSSR count). The van der Waals surface area contributed by atoms with Gasteiger partial charge in [0.15, 0.2) is 0 Å². The van der Waals surface area contributed by atoms with Gasteiger partial charge >= 0.3 is 0 Å². The molecular weight excluding hydrogens is 359 g/mol. The first-order valence-electron chi connectivity index (χ1n) is 8.58. The molecule has 0 radical (unpaired) electrons. The first-order chi connectivity index (χ1) is 11.1. The Morgan fingerprint density at radius 1 is 1.32 bits per heavy atom. The number of aromatic nitrogens is 2. The number of H-pyrrole nitrogens is 1. The molecule has 1 amide bonds. The van der Waals surface area contributed by atoms with E-state index in [1.54, 1.807) is 0 Å². The van der Waals surface area contributed by atoms with Crippen LogP contribution in [0.25, 0.3) is 11.0 Å². The number of halogens is 2. The van der Waals surface area contributed by atoms with Crippen molar-refractivity contribution in [3.05, 3.63) is 30.1 Å². The summed E-state index contributed by atoms with van der Waals surface area (Å²) in [5.41, 5.74) is 1.94. The van der Waals surface area contributed by atoms with Gasteiger partial charge in [0.25, 0.3) is 0 Å². The SMILES string of the molecule is CC(NC(=O)CC(C)C1CCCNC1)c1nc2ccccc2[nH]1.Cl.Cl. The minimum Gasteiger partial charge on any atom is -0.346 e. The second kappa shape index (κ2) is 10.00. The molecule has 3 N–H and O–H groups in total. The second-order valence-corrected chi connectivity index (χ2v) is 6.72. The molecule has 2 heterocycles. The number of piperidine rings is 1. The number of amides is 1. The molecule has 140 valence electrons. The minimum atomic E-state index is -0.105. The Kier molecular flexibility index (Phi) is 8.69. The van der Waals surface area contributed by atoms with Gasteiger partial charge in [0.05, 0.1) is 17.1 Å². The van der Waals surface area contributed by atoms with E-state index in [2.05, 4.69) is 27.5 Å². The molecule has 1 aromatic carbocycles. The average Bonchev–Trinajstić information content (AvgIpc) is 2.99. The lowest BCUT2D eigenvalue weighted by atomic mass is 9.85. The molecule has 2 aromatic rings. The Labute approximate surface area is 161 Å². The maximum atomic E-state index is 12.3. The molecule has 5 nitrogen and oxygen atoms in total. The molecule has 1 aliphatic rings. The monoisotopic (exact) mass is 386 g/mol. The summed E-state index contributed by atoms with van der Waals surface area (Å²) in [7, 11) is 0. The minimum absolute atomic E-state index is 0. The van der Waals surface area contributed by atoms with Crippen LogP contribution in [0.3, 0.4) is 0 Å². The number of carbonyl (C=O) groups is 1. The summed E-state index contributed by atoms with van der Waals surface area (Å²) in [5.74, 6) is 1.93. The number of imidazole rings is 1. The summed E-state index contributed by atoms with van der Waals surface area (Å²) in [4.78, 5) is 20.2. The molecule has 0 spiro atoms. The number of carbonyl (C=O) groups excluding carboxylic acids is 1. The van der Waals surface area contributed by atoms with Crippen LogP contribution in [-0.4, -0.2) is 29.0 Å². The summed E-state index contributed by atoms with van der Waals surface area (Å²) < 4.78 is 0. The molecule has 3 atom stereocenters. The third kappa shape index (κ3) is 5.59. The molecule has 1 aliphatic heterocycles. The van der Waals surface area contributed by atoms with Crippen LogP contribution in [0.4, 0.5) is 0 Å². The lowest BCUT2D eigenvalue weighted by Crippen LogP contribution is -2.36. The zero-order valence-corrected chi connectivity index (χ0v) is 16.4. The van der Waals surface area contributed by atoms with Crippen molar-refractivity contribution in [2.45, 2.75) is 39.2 Å². The fraction of sp³-hybridized carbons (Fsp3) is 0.556. The van der Waals surface area contributed by atoms with E-state index in [0.717, 1.165) is 29.9 Å². The normalized spacial score (nSPS) is 19.4. The molecule has 0 saturated carbocycles. The molecule has 0 bridgehead atoms. The van der Waals surface area contributed by atoms with Crippen LogP contribution in [0.5, 0.6) is 0 Å². The summed E-state index contributed by atoms with van der Waals surface area (Å²) in [6.07, 6.45) is 3.02. The molecule has 0 aliphatic carbocycles. The van der Waals surface area contributed by atoms with Crippen molar-refractivity contribution in [1.82, 2.24) is 20.6 Å². The average molecular weight is 387 g/mol. The number of benzene rings is 1. The number of hydrogen-bond acceptors (Lipinski definition) is 3. The van der Waals surface area contributed by atoms with Gasteiger partial charge in [-0.1, -0.05) is 19.1 Å². The Morgan fingerprint density at radius 2 is 2.08 bits per heavy atom. The number of fused-ring (bicyclic) bond motifs is 1. The topological polar surface area (TPSA) is 69.8 Å². The zero-order valence-electron chi connectivity index (χ0n) is 14.7. The third-order valence-corrected chi connectivity index (χ3v) is 4.84. The fourth-order valence-electron chi connectivity index (χ4n) is 3.37. The molecular formula is C18H28Cl2N4O. The van der Waals surface area contributed by atoms with Crippen LogP contribution < -0.4 is 10.6 Å². The Bertz CT molecular complexity index is 637. The number of para-hydroxylation sites is 2. The number of nitrogens with one attached hydrogen (secondary N) is 3. The summed E-state index contributed by atoms with van der Waals surface area (Å²) in [6, 6.07) is 7.82. The zero-order chi connectivity index (χ0) is 16.2. The van der Waals surface area contributed by atoms with Crippen LogP contribution in [0.15, 0.2) is 24.3 Å². The predicted octanol–water partition coefficient (Wildman–Crippen LogP) is 3.61. The smallest absolute Gasteiger partial charge is 0.220 e. The molecule has 3 unspecified atom stereocenters. The van der Waals surface area contributed by atoms with Crippen molar-refractivity contribution in [2.75, 3.05) is 13.1 Å². The predicted molar refractivity (Wildman–Crippen MR) is 107 cm³/mol. The van der Waals surface area contributed by atoms with Crippen molar-refractivity contribution >= 4 is 41.8 Å². The fourth-order valence-corrected chi connectivity index (χ4v) is 3.37. The van der Waals surface area contributed by atoms with Gasteiger partial charge in [0, 0.05) is 6.42 Å². The highest BCUT2D eigenvalue weighted by molar-refractivity contribution is 5.85. The van der Waals surface area contributed by atoms with E-state index in [1.165, 1.54) is 12.8 Å². The van der Waals surface area contributed by atoms with Gasteiger partial charge in [-0.15, -0.1) is 24.8 Å². The Morgan fingerprint density at radius 3 is 2.76 bits per heavy atom. The quantitative estimate of drug-likeness (QED) is 0.734. The Hall–Kier alpha value is -1.30. The van der Waals surface area contributed by atoms with Gasteiger partial charge in [0.2, 0.25) is 5.91 Å². The Balaban J connectivity index is 0.00000156. The van der Waals surface area contributed by atoms with Crippen LogP contribution in [0, 0.1) is 11.8 Å². The van der Waals surface area contributed by atoms with Crippen molar-refractivity contribution in [3.8, 4) is 0 Å². The standard InChI is InChI=1S/C18H26N4O.2ClH/c1-12(14-6-5-9-19-11-14)10-17(23)20-13(2)18-21-15-7-3-4-8-16(15)22-18;;/h3-4,7-8,12-14,19H,5-6,9-11H2,1-2H3,(H,20,23)(H,21,22);2*1H. The highest BCUT2D eigenvalue weighted by Gasteiger charge is 2.23. The number of nitrogens with zero attached hydrogens (tertiary/aromatic N) is 1. The maximum absolute atomic E-state index is 12.3. The van der Waals surface area contributed by atoms with E-state index in [1.807, 2.05) is 31.2 Å². The molecule has 1 fully saturated rings. The van der Waals surface area contributed by atoms with Crippen LogP contribution in [0.1, 0.15) is 45.0 Å². The van der Waals surface area contributed by atoms with Gasteiger partial charge < -0.3 is 15.6 Å². The lowest BCUT2D eigenvalue weighted by Gasteiger charge is -2.28. The summed E-state index contributed by atoms with van der Waals surface area (Å²) in [6.45, 7) is 6.30. The van der Waals surface area contributed by atoms with Crippen molar-refractivity contribution in [2.24, 2.45) is 11.8 Å². The van der Waals surface area contributed by atoms with Crippen molar-refractivity contribution < 1.29 is 4.79 Å². The van der Waals surface area contributed by atoms with E-state index < -0.39 is 0 Å². The van der Waals surface area contributed by atoms with E-state index in [9.17, 15) is 4.79 Å². The molecule has 1 aromatic heterocycles. The van der Waals surface area contributed by atoms with E-state index in [4.69, 9.17) is 0 Å². The summed E-state index contributed by atoms with van der Waals surface area (Å²) in [5, 5.41) is 6.50. The van der Waals surface area contributed by atoms with Gasteiger partial charge in [-0.2, -0.15) is 0 Å². The maximum Gasteiger partial charge on any atom is 0.220 e. The van der Waals surface area contributed by atoms with Crippen LogP contribution in [0.2, 0.25) is 0 Å². The largest absolute Gasteiger partial charge is 0.346 e. The number of rotatable bonds is 5. The first-order valence-corrected chi connectivity index (χ1v) is 8.58. The molecule has 1 saturated heterocycles. The second-order valence-electron chi connectivity index (χ2n) is 6.72. The highest BCUT2D eigenvalue weighted by atomic mass is 35.5. The lowest BCUT2D eigenvalue weighted by molar-refractivity contribution is -0.123. The van der Waals surface area contributed by atoms with Gasteiger partial charge in [-0.25, -0.2) is 4.98 Å². The highest BCUT2D eigenvalue weighted by Crippen LogP contribution is 2.23. The number of aromatic amines is 1. The van der Waals surface area contributed by atoms with E-state index in [-0.39, 0.29) is 36.8 Å². The summed E-state index contributed by atoms with van der Waals surface area (Å²) >= 11 is 0. The van der Waals surface area contributed by atoms with Crippen LogP contribution in [-0.2, 0) is 4.79 Å².